The number of hydrogen-bond donors (Lipinski definition) is 3. The molecule has 148 valence electrons. The van der Waals surface area contributed by atoms with E-state index in [1.165, 1.54) is 0 Å². The first-order valence-electron chi connectivity index (χ1n) is 9.03. The summed E-state index contributed by atoms with van der Waals surface area (Å²) in [6.45, 7) is 3.28. The van der Waals surface area contributed by atoms with E-state index in [1.54, 1.807) is 48.5 Å². The van der Waals surface area contributed by atoms with Gasteiger partial charge in [-0.2, -0.15) is 0 Å². The Morgan fingerprint density at radius 3 is 2.68 bits per heavy atom. The minimum absolute atomic E-state index is 0.284. The molecule has 0 bridgehead atoms. The third kappa shape index (κ3) is 3.82. The third-order valence-electron chi connectivity index (χ3n) is 4.43. The summed E-state index contributed by atoms with van der Waals surface area (Å²) in [5.41, 5.74) is -1.21. The predicted octanol–water partition coefficient (Wildman–Crippen LogP) is 3.08. The molecule has 1 aliphatic rings. The van der Waals surface area contributed by atoms with Crippen molar-refractivity contribution in [3.05, 3.63) is 59.1 Å². The number of nitrogens with zero attached hydrogens (tertiary/aromatic N) is 1. The number of ether oxygens (including phenoxy) is 1. The van der Waals surface area contributed by atoms with E-state index < -0.39 is 17.7 Å². The van der Waals surface area contributed by atoms with E-state index in [4.69, 9.17) is 16.3 Å². The van der Waals surface area contributed by atoms with Crippen LogP contribution in [0, 0.1) is 0 Å². The van der Waals surface area contributed by atoms with Gasteiger partial charge in [-0.3, -0.25) is 9.69 Å². The van der Waals surface area contributed by atoms with E-state index in [9.17, 15) is 14.7 Å². The second kappa shape index (κ2) is 8.60. The number of amides is 3. The van der Waals surface area contributed by atoms with Gasteiger partial charge in [0, 0.05) is 36.0 Å². The highest BCUT2D eigenvalue weighted by Crippen LogP contribution is 2.39. The second-order valence-electron chi connectivity index (χ2n) is 6.27. The van der Waals surface area contributed by atoms with Crippen LogP contribution in [-0.2, 0) is 15.3 Å². The number of para-hydroxylation sites is 1. The molecule has 2 aromatic rings. The maximum absolute atomic E-state index is 13.1. The summed E-state index contributed by atoms with van der Waals surface area (Å²) in [5.74, 6) is -0.693. The molecule has 3 amide bonds. The summed E-state index contributed by atoms with van der Waals surface area (Å²) in [4.78, 5) is 26.9. The molecule has 0 aliphatic carbocycles. The molecular weight excluding hydrogens is 382 g/mol. The van der Waals surface area contributed by atoms with Gasteiger partial charge in [-0.15, -0.1) is 0 Å². The van der Waals surface area contributed by atoms with Crippen LogP contribution in [0.15, 0.2) is 48.5 Å². The predicted molar refractivity (Wildman–Crippen MR) is 107 cm³/mol. The second-order valence-corrected chi connectivity index (χ2v) is 6.70. The Morgan fingerprint density at radius 2 is 1.96 bits per heavy atom. The summed E-state index contributed by atoms with van der Waals surface area (Å²) >= 11 is 5.94. The molecule has 0 fully saturated rings. The lowest BCUT2D eigenvalue weighted by atomic mass is 9.95. The number of urea groups is 1. The van der Waals surface area contributed by atoms with Gasteiger partial charge in [0.2, 0.25) is 0 Å². The topological polar surface area (TPSA) is 90.9 Å². The van der Waals surface area contributed by atoms with Crippen molar-refractivity contribution in [2.45, 2.75) is 19.1 Å². The van der Waals surface area contributed by atoms with Gasteiger partial charge in [0.15, 0.2) is 0 Å². The van der Waals surface area contributed by atoms with Gasteiger partial charge in [0.05, 0.1) is 5.69 Å². The van der Waals surface area contributed by atoms with Gasteiger partial charge in [0.1, 0.15) is 0 Å². The zero-order valence-corrected chi connectivity index (χ0v) is 16.2. The quantitative estimate of drug-likeness (QED) is 0.619. The molecule has 7 nitrogen and oxygen atoms in total. The Morgan fingerprint density at radius 1 is 1.25 bits per heavy atom. The third-order valence-corrected chi connectivity index (χ3v) is 4.68. The Bertz CT molecular complexity index is 859. The molecule has 28 heavy (non-hydrogen) atoms. The number of fused-ring (bicyclic) bond motifs is 1. The first-order chi connectivity index (χ1) is 13.5. The van der Waals surface area contributed by atoms with Crippen molar-refractivity contribution >= 4 is 34.9 Å². The van der Waals surface area contributed by atoms with Crippen molar-refractivity contribution < 1.29 is 19.4 Å². The molecule has 0 unspecified atom stereocenters. The number of hydrogen-bond acceptors (Lipinski definition) is 4. The van der Waals surface area contributed by atoms with Crippen LogP contribution in [0.4, 0.5) is 16.2 Å². The monoisotopic (exact) mass is 403 g/mol. The van der Waals surface area contributed by atoms with E-state index >= 15 is 0 Å². The molecule has 3 N–H and O–H groups in total. The highest BCUT2D eigenvalue weighted by Gasteiger charge is 2.51. The summed E-state index contributed by atoms with van der Waals surface area (Å²) in [6, 6.07) is 12.4. The van der Waals surface area contributed by atoms with Crippen LogP contribution < -0.4 is 15.5 Å². The van der Waals surface area contributed by atoms with Crippen LogP contribution in [0.3, 0.4) is 0 Å². The SMILES string of the molecule is CCOCCCNC(=O)[C@]1(O)c2ccccc2NC(=O)N1c1ccc(Cl)cc1. The van der Waals surface area contributed by atoms with E-state index in [-0.39, 0.29) is 5.56 Å². The van der Waals surface area contributed by atoms with Gasteiger partial charge in [-0.05, 0) is 43.7 Å². The Labute approximate surface area is 168 Å². The minimum Gasteiger partial charge on any atom is -0.382 e. The molecule has 2 aromatic carbocycles. The van der Waals surface area contributed by atoms with Crippen molar-refractivity contribution in [3.63, 3.8) is 0 Å². The zero-order chi connectivity index (χ0) is 20.1. The molecule has 0 saturated carbocycles. The van der Waals surface area contributed by atoms with Crippen LogP contribution in [-0.4, -0.2) is 36.8 Å². The lowest BCUT2D eigenvalue weighted by Crippen LogP contribution is -2.62. The molecule has 3 rings (SSSR count). The number of rotatable bonds is 7. The van der Waals surface area contributed by atoms with E-state index in [2.05, 4.69) is 10.6 Å². The van der Waals surface area contributed by atoms with Crippen LogP contribution in [0.1, 0.15) is 18.9 Å². The van der Waals surface area contributed by atoms with Crippen LogP contribution >= 0.6 is 11.6 Å². The molecule has 1 atom stereocenters. The van der Waals surface area contributed by atoms with Crippen LogP contribution in [0.25, 0.3) is 0 Å². The van der Waals surface area contributed by atoms with Gasteiger partial charge >= 0.3 is 6.03 Å². The first kappa shape index (κ1) is 20.1. The fourth-order valence-electron chi connectivity index (χ4n) is 3.10. The smallest absolute Gasteiger partial charge is 0.329 e. The molecule has 0 aromatic heterocycles. The number of carbonyl (C=O) groups excluding carboxylic acids is 2. The standard InChI is InChI=1S/C20H22ClN3O4/c1-2-28-13-5-12-22-18(25)20(27)16-6-3-4-7-17(16)23-19(26)24(20)15-10-8-14(21)9-11-15/h3-4,6-11,27H,2,5,12-13H2,1H3,(H,22,25)(H,23,26)/t20-/m1/s1. The number of carbonyl (C=O) groups is 2. The maximum Gasteiger partial charge on any atom is 0.329 e. The van der Waals surface area contributed by atoms with Crippen molar-refractivity contribution in [2.24, 2.45) is 0 Å². The van der Waals surface area contributed by atoms with E-state index in [1.807, 2.05) is 6.92 Å². The van der Waals surface area contributed by atoms with E-state index in [0.29, 0.717) is 42.6 Å². The molecule has 0 saturated heterocycles. The Hall–Kier alpha value is -2.61. The number of nitrogens with one attached hydrogen (secondary N) is 2. The number of aliphatic hydroxyl groups is 1. The first-order valence-corrected chi connectivity index (χ1v) is 9.41. The van der Waals surface area contributed by atoms with Gasteiger partial charge in [-0.25, -0.2) is 4.79 Å². The fourth-order valence-corrected chi connectivity index (χ4v) is 3.22. The Balaban J connectivity index is 1.96. The average molecular weight is 404 g/mol. The van der Waals surface area contributed by atoms with Crippen molar-refractivity contribution in [3.8, 4) is 0 Å². The molecule has 1 aliphatic heterocycles. The lowest BCUT2D eigenvalue weighted by molar-refractivity contribution is -0.140. The summed E-state index contributed by atoms with van der Waals surface area (Å²) < 4.78 is 5.26. The maximum atomic E-state index is 13.1. The highest BCUT2D eigenvalue weighted by atomic mass is 35.5. The van der Waals surface area contributed by atoms with Crippen molar-refractivity contribution in [1.29, 1.82) is 0 Å². The molecule has 0 spiro atoms. The molecule has 1 heterocycles. The minimum atomic E-state index is -2.21. The number of anilines is 2. The van der Waals surface area contributed by atoms with Crippen molar-refractivity contribution in [2.75, 3.05) is 30.0 Å². The largest absolute Gasteiger partial charge is 0.382 e. The van der Waals surface area contributed by atoms with E-state index in [0.717, 1.165) is 4.90 Å². The molecule has 0 radical (unpaired) electrons. The summed E-state index contributed by atoms with van der Waals surface area (Å²) in [7, 11) is 0. The summed E-state index contributed by atoms with van der Waals surface area (Å²) in [5, 5.41) is 17.4. The lowest BCUT2D eigenvalue weighted by Gasteiger charge is -2.42. The molecular formula is C20H22ClN3O4. The normalized spacial score (nSPS) is 18.4. The highest BCUT2D eigenvalue weighted by molar-refractivity contribution is 6.30. The zero-order valence-electron chi connectivity index (χ0n) is 15.4. The summed E-state index contributed by atoms with van der Waals surface area (Å²) in [6.07, 6.45) is 0.588. The van der Waals surface area contributed by atoms with Crippen molar-refractivity contribution in [1.82, 2.24) is 5.32 Å². The number of halogens is 1. The molecule has 8 heteroatoms. The number of benzene rings is 2. The van der Waals surface area contributed by atoms with Crippen LogP contribution in [0.5, 0.6) is 0 Å². The average Bonchev–Trinajstić information content (AvgIpc) is 2.69. The van der Waals surface area contributed by atoms with Gasteiger partial charge in [0.25, 0.3) is 11.6 Å². The van der Waals surface area contributed by atoms with Crippen LogP contribution in [0.2, 0.25) is 5.02 Å². The van der Waals surface area contributed by atoms with Gasteiger partial charge in [-0.1, -0.05) is 29.8 Å². The Kier molecular flexibility index (Phi) is 6.18. The fraction of sp³-hybridized carbons (Fsp3) is 0.300. The van der Waals surface area contributed by atoms with Gasteiger partial charge < -0.3 is 20.5 Å².